The lowest BCUT2D eigenvalue weighted by molar-refractivity contribution is -0.130. The van der Waals surface area contributed by atoms with Gasteiger partial charge in [0, 0.05) is 6.54 Å². The molecule has 22 heavy (non-hydrogen) atoms. The van der Waals surface area contributed by atoms with Crippen LogP contribution in [0.4, 0.5) is 4.39 Å². The second-order valence-corrected chi connectivity index (χ2v) is 4.67. The van der Waals surface area contributed by atoms with Gasteiger partial charge in [0.15, 0.2) is 6.61 Å². The molecule has 1 atom stereocenters. The summed E-state index contributed by atoms with van der Waals surface area (Å²) in [4.78, 5) is 34.8. The summed E-state index contributed by atoms with van der Waals surface area (Å²) in [6.45, 7) is 3.42. The molecule has 0 saturated carbocycles. The minimum absolute atomic E-state index is 0.0153. The molecule has 0 saturated heterocycles. The van der Waals surface area contributed by atoms with E-state index in [0.29, 0.717) is 6.54 Å². The van der Waals surface area contributed by atoms with Gasteiger partial charge >= 0.3 is 5.97 Å². The lowest BCUT2D eigenvalue weighted by Gasteiger charge is -2.13. The van der Waals surface area contributed by atoms with Gasteiger partial charge in [-0.1, -0.05) is 13.0 Å². The summed E-state index contributed by atoms with van der Waals surface area (Å²) in [5, 5.41) is 5.04. The summed E-state index contributed by atoms with van der Waals surface area (Å²) >= 11 is 0. The standard InChI is InChI=1S/C15H19FN2O4/c1-3-7-17-14(20)10(2)18-13(19)9-22-15(21)11-5-4-6-12(16)8-11/h4-6,8,10H,3,7,9H2,1-2H3,(H,17,20)(H,18,19)/t10-/m0/s1. The van der Waals surface area contributed by atoms with E-state index in [4.69, 9.17) is 4.74 Å². The fourth-order valence-electron chi connectivity index (χ4n) is 1.58. The number of amides is 2. The zero-order chi connectivity index (χ0) is 16.5. The topological polar surface area (TPSA) is 84.5 Å². The van der Waals surface area contributed by atoms with Crippen molar-refractivity contribution in [1.29, 1.82) is 0 Å². The van der Waals surface area contributed by atoms with Crippen molar-refractivity contribution in [3.8, 4) is 0 Å². The summed E-state index contributed by atoms with van der Waals surface area (Å²) in [6.07, 6.45) is 0.789. The molecule has 0 aliphatic rings. The van der Waals surface area contributed by atoms with Gasteiger partial charge in [-0.2, -0.15) is 0 Å². The van der Waals surface area contributed by atoms with E-state index in [1.165, 1.54) is 25.1 Å². The van der Waals surface area contributed by atoms with Crippen LogP contribution in [0.1, 0.15) is 30.6 Å². The van der Waals surface area contributed by atoms with Crippen LogP contribution in [0.15, 0.2) is 24.3 Å². The molecule has 0 unspecified atom stereocenters. The molecular weight excluding hydrogens is 291 g/mol. The minimum atomic E-state index is -0.808. The van der Waals surface area contributed by atoms with Crippen molar-refractivity contribution in [2.45, 2.75) is 26.3 Å². The fraction of sp³-hybridized carbons (Fsp3) is 0.400. The average Bonchev–Trinajstić information content (AvgIpc) is 2.50. The fourth-order valence-corrected chi connectivity index (χ4v) is 1.58. The number of carbonyl (C=O) groups is 3. The van der Waals surface area contributed by atoms with Crippen molar-refractivity contribution in [2.75, 3.05) is 13.2 Å². The Morgan fingerprint density at radius 2 is 2.05 bits per heavy atom. The van der Waals surface area contributed by atoms with Crippen molar-refractivity contribution in [3.63, 3.8) is 0 Å². The van der Waals surface area contributed by atoms with Crippen molar-refractivity contribution >= 4 is 17.8 Å². The Labute approximate surface area is 128 Å². The van der Waals surface area contributed by atoms with E-state index in [2.05, 4.69) is 10.6 Å². The molecule has 0 fully saturated rings. The van der Waals surface area contributed by atoms with E-state index in [9.17, 15) is 18.8 Å². The Hall–Kier alpha value is -2.44. The van der Waals surface area contributed by atoms with Gasteiger partial charge in [-0.05, 0) is 31.5 Å². The van der Waals surface area contributed by atoms with Crippen LogP contribution in [0.5, 0.6) is 0 Å². The van der Waals surface area contributed by atoms with Crippen molar-refractivity contribution in [3.05, 3.63) is 35.6 Å². The summed E-state index contributed by atoms with van der Waals surface area (Å²) < 4.78 is 17.7. The number of benzene rings is 1. The second-order valence-electron chi connectivity index (χ2n) is 4.67. The molecule has 1 aromatic rings. The van der Waals surface area contributed by atoms with E-state index >= 15 is 0 Å². The van der Waals surface area contributed by atoms with Crippen LogP contribution < -0.4 is 10.6 Å². The largest absolute Gasteiger partial charge is 0.452 e. The summed E-state index contributed by atoms with van der Waals surface area (Å²) in [7, 11) is 0. The van der Waals surface area contributed by atoms with Gasteiger partial charge in [0.1, 0.15) is 11.9 Å². The third-order valence-corrected chi connectivity index (χ3v) is 2.71. The number of esters is 1. The Balaban J connectivity index is 2.39. The van der Waals surface area contributed by atoms with Crippen LogP contribution in [0.2, 0.25) is 0 Å². The van der Waals surface area contributed by atoms with Crippen molar-refractivity contribution in [2.24, 2.45) is 0 Å². The summed E-state index contributed by atoms with van der Waals surface area (Å²) in [5.74, 6) is -2.30. The van der Waals surface area contributed by atoms with Gasteiger partial charge < -0.3 is 15.4 Å². The zero-order valence-corrected chi connectivity index (χ0v) is 12.5. The van der Waals surface area contributed by atoms with E-state index in [1.807, 2.05) is 6.92 Å². The van der Waals surface area contributed by atoms with Gasteiger partial charge in [0.2, 0.25) is 5.91 Å². The molecule has 0 radical (unpaired) electrons. The molecule has 0 bridgehead atoms. The molecule has 0 aliphatic heterocycles. The van der Waals surface area contributed by atoms with Crippen LogP contribution >= 0.6 is 0 Å². The zero-order valence-electron chi connectivity index (χ0n) is 12.5. The molecule has 120 valence electrons. The quantitative estimate of drug-likeness (QED) is 0.736. The van der Waals surface area contributed by atoms with Crippen LogP contribution in [-0.4, -0.2) is 37.0 Å². The monoisotopic (exact) mass is 310 g/mol. The lowest BCUT2D eigenvalue weighted by Crippen LogP contribution is -2.46. The summed E-state index contributed by atoms with van der Waals surface area (Å²) in [6, 6.07) is 4.23. The maximum atomic E-state index is 13.0. The summed E-state index contributed by atoms with van der Waals surface area (Å²) in [5.41, 5.74) is 0.0153. The highest BCUT2D eigenvalue weighted by Gasteiger charge is 2.16. The predicted octanol–water partition coefficient (Wildman–Crippen LogP) is 1.01. The molecule has 0 heterocycles. The van der Waals surface area contributed by atoms with Crippen molar-refractivity contribution < 1.29 is 23.5 Å². The number of carbonyl (C=O) groups excluding carboxylic acids is 3. The second kappa shape index (κ2) is 8.76. The Bertz CT molecular complexity index is 548. The average molecular weight is 310 g/mol. The third kappa shape index (κ3) is 5.90. The number of nitrogens with one attached hydrogen (secondary N) is 2. The van der Waals surface area contributed by atoms with Crippen LogP contribution in [-0.2, 0) is 14.3 Å². The predicted molar refractivity (Wildman–Crippen MR) is 77.6 cm³/mol. The normalized spacial score (nSPS) is 11.4. The molecule has 2 amide bonds. The van der Waals surface area contributed by atoms with Gasteiger partial charge in [-0.25, -0.2) is 9.18 Å². The molecular formula is C15H19FN2O4. The molecule has 0 aromatic heterocycles. The number of ether oxygens (including phenoxy) is 1. The first-order chi connectivity index (χ1) is 10.4. The Kier molecular flexibility index (Phi) is 7.01. The maximum Gasteiger partial charge on any atom is 0.338 e. The highest BCUT2D eigenvalue weighted by molar-refractivity contribution is 5.92. The number of hydrogen-bond acceptors (Lipinski definition) is 4. The van der Waals surface area contributed by atoms with Gasteiger partial charge in [-0.3, -0.25) is 9.59 Å². The van der Waals surface area contributed by atoms with Gasteiger partial charge in [-0.15, -0.1) is 0 Å². The number of hydrogen-bond donors (Lipinski definition) is 2. The smallest absolute Gasteiger partial charge is 0.338 e. The Morgan fingerprint density at radius 1 is 1.32 bits per heavy atom. The maximum absolute atomic E-state index is 13.0. The van der Waals surface area contributed by atoms with Gasteiger partial charge in [0.05, 0.1) is 5.56 Å². The first kappa shape index (κ1) is 17.6. The van der Waals surface area contributed by atoms with Crippen LogP contribution in [0.25, 0.3) is 0 Å². The van der Waals surface area contributed by atoms with E-state index in [0.717, 1.165) is 12.5 Å². The molecule has 0 aliphatic carbocycles. The molecule has 6 nitrogen and oxygen atoms in total. The van der Waals surface area contributed by atoms with Crippen LogP contribution in [0.3, 0.4) is 0 Å². The van der Waals surface area contributed by atoms with Gasteiger partial charge in [0.25, 0.3) is 5.91 Å². The van der Waals surface area contributed by atoms with Crippen molar-refractivity contribution in [1.82, 2.24) is 10.6 Å². The van der Waals surface area contributed by atoms with Crippen LogP contribution in [0, 0.1) is 5.82 Å². The highest BCUT2D eigenvalue weighted by Crippen LogP contribution is 2.05. The SMILES string of the molecule is CCCNC(=O)[C@H](C)NC(=O)COC(=O)c1cccc(F)c1. The first-order valence-electron chi connectivity index (χ1n) is 6.93. The van der Waals surface area contributed by atoms with E-state index in [1.54, 1.807) is 0 Å². The molecule has 1 rings (SSSR count). The molecule has 0 spiro atoms. The Morgan fingerprint density at radius 3 is 2.68 bits per heavy atom. The molecule has 2 N–H and O–H groups in total. The van der Waals surface area contributed by atoms with E-state index < -0.39 is 30.3 Å². The third-order valence-electron chi connectivity index (χ3n) is 2.71. The minimum Gasteiger partial charge on any atom is -0.452 e. The lowest BCUT2D eigenvalue weighted by atomic mass is 10.2. The highest BCUT2D eigenvalue weighted by atomic mass is 19.1. The number of halogens is 1. The van der Waals surface area contributed by atoms with E-state index in [-0.39, 0.29) is 11.5 Å². The number of rotatable bonds is 7. The molecule has 7 heteroatoms. The first-order valence-corrected chi connectivity index (χ1v) is 6.93. The molecule has 1 aromatic carbocycles.